The average Bonchev–Trinajstić information content (AvgIpc) is 3.29. The molecule has 0 aliphatic carbocycles. The van der Waals surface area contributed by atoms with Crippen LogP contribution in [0.2, 0.25) is 0 Å². The third-order valence-electron chi connectivity index (χ3n) is 4.71. The molecule has 0 radical (unpaired) electrons. The molecule has 0 saturated carbocycles. The fourth-order valence-corrected chi connectivity index (χ4v) is 3.20. The smallest absolute Gasteiger partial charge is 0.287 e. The molecule has 2 aromatic heterocycles. The summed E-state index contributed by atoms with van der Waals surface area (Å²) < 4.78 is 17.1. The molecule has 33 heavy (non-hydrogen) atoms. The monoisotopic (exact) mass is 463 g/mol. The van der Waals surface area contributed by atoms with E-state index in [2.05, 4.69) is 10.3 Å². The third kappa shape index (κ3) is 5.85. The van der Waals surface area contributed by atoms with Gasteiger partial charge in [0.1, 0.15) is 35.3 Å². The summed E-state index contributed by atoms with van der Waals surface area (Å²) >= 11 is 4.94. The van der Waals surface area contributed by atoms with Gasteiger partial charge in [-0.2, -0.15) is 0 Å². The Bertz CT molecular complexity index is 1240. The summed E-state index contributed by atoms with van der Waals surface area (Å²) in [5, 5.41) is 12.4. The number of hydroxylamine groups is 1. The Balaban J connectivity index is 1.27. The number of nitrogens with one attached hydrogen (secondary N) is 2. The Morgan fingerprint density at radius 1 is 1.06 bits per heavy atom. The molecule has 0 spiro atoms. The van der Waals surface area contributed by atoms with Gasteiger partial charge in [0.05, 0.1) is 6.54 Å². The Hall–Kier alpha value is -3.95. The molecule has 8 nitrogen and oxygen atoms in total. The lowest BCUT2D eigenvalue weighted by molar-refractivity contribution is 0.0921. The van der Waals surface area contributed by atoms with E-state index in [-0.39, 0.29) is 23.3 Å². The van der Waals surface area contributed by atoms with Crippen LogP contribution in [0.3, 0.4) is 0 Å². The number of benzene rings is 2. The first-order valence-corrected chi connectivity index (χ1v) is 10.5. The maximum atomic E-state index is 12.4. The van der Waals surface area contributed by atoms with Gasteiger partial charge in [0.25, 0.3) is 5.91 Å². The lowest BCUT2D eigenvalue weighted by Crippen LogP contribution is -2.27. The molecular formula is C24H21N3O5S. The van der Waals surface area contributed by atoms with Crippen molar-refractivity contribution in [2.24, 2.45) is 0 Å². The summed E-state index contributed by atoms with van der Waals surface area (Å²) in [7, 11) is 0. The van der Waals surface area contributed by atoms with E-state index in [9.17, 15) is 4.79 Å². The van der Waals surface area contributed by atoms with E-state index >= 15 is 0 Å². The van der Waals surface area contributed by atoms with Gasteiger partial charge in [0.2, 0.25) is 0 Å². The van der Waals surface area contributed by atoms with E-state index in [1.54, 1.807) is 54.9 Å². The summed E-state index contributed by atoms with van der Waals surface area (Å²) in [4.78, 5) is 16.7. The molecule has 4 aromatic rings. The van der Waals surface area contributed by atoms with Crippen molar-refractivity contribution in [1.29, 1.82) is 0 Å². The molecule has 0 unspecified atom stereocenters. The van der Waals surface area contributed by atoms with Crippen LogP contribution in [0.4, 0.5) is 0 Å². The highest BCUT2D eigenvalue weighted by atomic mass is 32.1. The second-order valence-corrected chi connectivity index (χ2v) is 7.44. The SMILES string of the molecule is O=C(NCCOc1ccc(C(=S)NO)cc1)c1cc2cc(OCc3cccnc3)ccc2o1. The number of furan rings is 1. The molecule has 2 heterocycles. The van der Waals surface area contributed by atoms with E-state index in [0.717, 1.165) is 10.9 Å². The molecule has 0 aliphatic rings. The Labute approximate surface area is 195 Å². The van der Waals surface area contributed by atoms with Crippen molar-refractivity contribution in [2.75, 3.05) is 13.2 Å². The normalized spacial score (nSPS) is 10.6. The van der Waals surface area contributed by atoms with Gasteiger partial charge in [0.15, 0.2) is 5.76 Å². The van der Waals surface area contributed by atoms with Crippen LogP contribution in [0.15, 0.2) is 77.5 Å². The van der Waals surface area contributed by atoms with Gasteiger partial charge in [-0.1, -0.05) is 18.3 Å². The second-order valence-electron chi connectivity index (χ2n) is 7.03. The Morgan fingerprint density at radius 3 is 2.64 bits per heavy atom. The first kappa shape index (κ1) is 22.3. The maximum Gasteiger partial charge on any atom is 0.287 e. The Kier molecular flexibility index (Phi) is 7.13. The number of amides is 1. The maximum absolute atomic E-state index is 12.4. The van der Waals surface area contributed by atoms with Gasteiger partial charge >= 0.3 is 0 Å². The lowest BCUT2D eigenvalue weighted by atomic mass is 10.2. The fraction of sp³-hybridized carbons (Fsp3) is 0.125. The summed E-state index contributed by atoms with van der Waals surface area (Å²) in [6, 6.07) is 17.8. The number of carbonyl (C=O) groups is 1. The van der Waals surface area contributed by atoms with Gasteiger partial charge in [-0.3, -0.25) is 20.5 Å². The minimum atomic E-state index is -0.331. The van der Waals surface area contributed by atoms with Crippen LogP contribution in [-0.2, 0) is 6.61 Å². The number of hydrogen-bond acceptors (Lipinski definition) is 7. The van der Waals surface area contributed by atoms with Crippen molar-refractivity contribution in [3.8, 4) is 11.5 Å². The minimum Gasteiger partial charge on any atom is -0.492 e. The second kappa shape index (κ2) is 10.6. The van der Waals surface area contributed by atoms with Crippen molar-refractivity contribution >= 4 is 34.1 Å². The molecule has 2 aromatic carbocycles. The predicted octanol–water partition coefficient (Wildman–Crippen LogP) is 3.87. The average molecular weight is 464 g/mol. The standard InChI is InChI=1S/C24H21N3O5S/c28-23(26-10-11-30-19-5-3-17(4-6-19)24(33)27-29)22-13-18-12-20(7-8-21(18)32-22)31-15-16-2-1-9-25-14-16/h1-9,12-14,29H,10-11,15H2,(H,26,28)(H,27,33). The number of hydrogen-bond donors (Lipinski definition) is 3. The number of thiocarbonyl (C=S) groups is 1. The Morgan fingerprint density at radius 2 is 1.88 bits per heavy atom. The molecule has 3 N–H and O–H groups in total. The topological polar surface area (TPSA) is 106 Å². The first-order chi connectivity index (χ1) is 16.1. The van der Waals surface area contributed by atoms with Crippen LogP contribution in [0, 0.1) is 0 Å². The molecule has 4 rings (SSSR count). The van der Waals surface area contributed by atoms with E-state index in [4.69, 9.17) is 31.3 Å². The van der Waals surface area contributed by atoms with Crippen molar-refractivity contribution in [1.82, 2.24) is 15.8 Å². The van der Waals surface area contributed by atoms with Crippen molar-refractivity contribution < 1.29 is 23.9 Å². The quantitative estimate of drug-likeness (QED) is 0.195. The summed E-state index contributed by atoms with van der Waals surface area (Å²) in [6.45, 7) is 0.978. The number of carbonyl (C=O) groups excluding carboxylic acids is 1. The number of pyridine rings is 1. The molecule has 0 saturated heterocycles. The molecule has 168 valence electrons. The number of ether oxygens (including phenoxy) is 2. The number of rotatable bonds is 9. The highest BCUT2D eigenvalue weighted by Crippen LogP contribution is 2.25. The van der Waals surface area contributed by atoms with Crippen LogP contribution < -0.4 is 20.3 Å². The summed E-state index contributed by atoms with van der Waals surface area (Å²) in [6.07, 6.45) is 3.46. The van der Waals surface area contributed by atoms with Gasteiger partial charge in [-0.15, -0.1) is 0 Å². The minimum absolute atomic E-state index is 0.212. The zero-order chi connectivity index (χ0) is 23.0. The summed E-state index contributed by atoms with van der Waals surface area (Å²) in [5.74, 6) is 1.18. The van der Waals surface area contributed by atoms with Crippen LogP contribution in [0.25, 0.3) is 11.0 Å². The van der Waals surface area contributed by atoms with E-state index in [1.165, 1.54) is 0 Å². The van der Waals surface area contributed by atoms with E-state index in [1.807, 2.05) is 23.7 Å². The van der Waals surface area contributed by atoms with Gasteiger partial charge in [-0.25, -0.2) is 0 Å². The highest BCUT2D eigenvalue weighted by molar-refractivity contribution is 7.80. The van der Waals surface area contributed by atoms with Crippen LogP contribution in [0.5, 0.6) is 11.5 Å². The lowest BCUT2D eigenvalue weighted by Gasteiger charge is -2.08. The predicted molar refractivity (Wildman–Crippen MR) is 126 cm³/mol. The van der Waals surface area contributed by atoms with Crippen molar-refractivity contribution in [2.45, 2.75) is 6.61 Å². The number of aromatic nitrogens is 1. The zero-order valence-electron chi connectivity index (χ0n) is 17.5. The molecule has 0 fully saturated rings. The fourth-order valence-electron chi connectivity index (χ4n) is 3.06. The summed E-state index contributed by atoms with van der Waals surface area (Å²) in [5.41, 5.74) is 4.17. The highest BCUT2D eigenvalue weighted by Gasteiger charge is 2.12. The molecule has 1 amide bonds. The molecule has 0 aliphatic heterocycles. The molecular weight excluding hydrogens is 442 g/mol. The zero-order valence-corrected chi connectivity index (χ0v) is 18.3. The van der Waals surface area contributed by atoms with Gasteiger partial charge in [-0.05, 0) is 54.6 Å². The third-order valence-corrected chi connectivity index (χ3v) is 5.04. The number of fused-ring (bicyclic) bond motifs is 1. The molecule has 0 atom stereocenters. The van der Waals surface area contributed by atoms with Crippen LogP contribution in [0.1, 0.15) is 21.7 Å². The largest absolute Gasteiger partial charge is 0.492 e. The van der Waals surface area contributed by atoms with Gasteiger partial charge in [0, 0.05) is 28.9 Å². The van der Waals surface area contributed by atoms with Crippen molar-refractivity contribution in [3.63, 3.8) is 0 Å². The van der Waals surface area contributed by atoms with Crippen molar-refractivity contribution in [3.05, 3.63) is 89.9 Å². The van der Waals surface area contributed by atoms with E-state index < -0.39 is 0 Å². The molecule has 9 heteroatoms. The van der Waals surface area contributed by atoms with Crippen LogP contribution >= 0.6 is 12.2 Å². The number of nitrogens with zero attached hydrogens (tertiary/aromatic N) is 1. The van der Waals surface area contributed by atoms with Gasteiger partial charge < -0.3 is 19.2 Å². The molecule has 0 bridgehead atoms. The van der Waals surface area contributed by atoms with Crippen LogP contribution in [-0.4, -0.2) is 34.2 Å². The first-order valence-electron chi connectivity index (χ1n) is 10.1. The van der Waals surface area contributed by atoms with E-state index in [0.29, 0.717) is 35.8 Å².